The topological polar surface area (TPSA) is 79.2 Å². The second-order valence-corrected chi connectivity index (χ2v) is 8.45. The third-order valence-corrected chi connectivity index (χ3v) is 6.03. The summed E-state index contributed by atoms with van der Waals surface area (Å²) >= 11 is 1.38. The van der Waals surface area contributed by atoms with E-state index in [9.17, 15) is 12.8 Å². The first-order valence-electron chi connectivity index (χ1n) is 7.31. The SMILES string of the molecule is CN(C)S(=O)(=O)c1ccc(CSc2ncc(-c3ccc(F)cc3)[nH]2)o1. The van der Waals surface area contributed by atoms with E-state index in [1.165, 1.54) is 44.1 Å². The minimum Gasteiger partial charge on any atom is -0.447 e. The maximum absolute atomic E-state index is 13.0. The maximum Gasteiger partial charge on any atom is 0.275 e. The van der Waals surface area contributed by atoms with Crippen LogP contribution in [-0.4, -0.2) is 36.8 Å². The number of nitrogens with zero attached hydrogens (tertiary/aromatic N) is 2. The van der Waals surface area contributed by atoms with Crippen LogP contribution in [0.5, 0.6) is 0 Å². The van der Waals surface area contributed by atoms with E-state index in [4.69, 9.17) is 4.42 Å². The molecule has 0 fully saturated rings. The average molecular weight is 381 g/mol. The minimum absolute atomic E-state index is 0.0838. The average Bonchev–Trinajstić information content (AvgIpc) is 3.23. The molecule has 0 saturated heterocycles. The fourth-order valence-electron chi connectivity index (χ4n) is 2.05. The summed E-state index contributed by atoms with van der Waals surface area (Å²) in [7, 11) is -0.670. The number of furan rings is 1. The van der Waals surface area contributed by atoms with E-state index in [-0.39, 0.29) is 10.9 Å². The summed E-state index contributed by atoms with van der Waals surface area (Å²) < 4.78 is 43.4. The molecule has 0 aliphatic heterocycles. The molecule has 3 rings (SSSR count). The van der Waals surface area contributed by atoms with Crippen LogP contribution in [0, 0.1) is 5.82 Å². The van der Waals surface area contributed by atoms with Gasteiger partial charge in [0.05, 0.1) is 17.6 Å². The summed E-state index contributed by atoms with van der Waals surface area (Å²) in [6.45, 7) is 0. The van der Waals surface area contributed by atoms with E-state index in [1.807, 2.05) is 0 Å². The highest BCUT2D eigenvalue weighted by Gasteiger charge is 2.21. The lowest BCUT2D eigenvalue weighted by Gasteiger charge is -2.07. The summed E-state index contributed by atoms with van der Waals surface area (Å²) in [5, 5.41) is 0.576. The first-order chi connectivity index (χ1) is 11.9. The number of nitrogens with one attached hydrogen (secondary N) is 1. The van der Waals surface area contributed by atoms with Crippen LogP contribution < -0.4 is 0 Å². The maximum atomic E-state index is 13.0. The molecule has 9 heteroatoms. The molecular formula is C16H16FN3O3S2. The molecule has 25 heavy (non-hydrogen) atoms. The third-order valence-electron chi connectivity index (χ3n) is 3.43. The lowest BCUT2D eigenvalue weighted by atomic mass is 10.2. The Bertz CT molecular complexity index is 963. The van der Waals surface area contributed by atoms with Crippen LogP contribution in [0.2, 0.25) is 0 Å². The van der Waals surface area contributed by atoms with E-state index >= 15 is 0 Å². The number of halogens is 1. The van der Waals surface area contributed by atoms with E-state index < -0.39 is 10.0 Å². The van der Waals surface area contributed by atoms with Gasteiger partial charge in [-0.3, -0.25) is 0 Å². The van der Waals surface area contributed by atoms with E-state index in [1.54, 1.807) is 24.4 Å². The highest BCUT2D eigenvalue weighted by atomic mass is 32.2. The number of aromatic amines is 1. The summed E-state index contributed by atoms with van der Waals surface area (Å²) in [6, 6.07) is 9.19. The molecule has 0 radical (unpaired) electrons. The number of thioether (sulfide) groups is 1. The van der Waals surface area contributed by atoms with Crippen LogP contribution in [0.25, 0.3) is 11.3 Å². The molecule has 0 saturated carbocycles. The molecule has 2 heterocycles. The van der Waals surface area contributed by atoms with Crippen molar-refractivity contribution >= 4 is 21.8 Å². The molecule has 0 spiro atoms. The second-order valence-electron chi connectivity index (χ2n) is 5.41. The summed E-state index contributed by atoms with van der Waals surface area (Å²) in [6.07, 6.45) is 1.67. The molecular weight excluding hydrogens is 365 g/mol. The molecule has 132 valence electrons. The van der Waals surface area contributed by atoms with Gasteiger partial charge in [0, 0.05) is 14.1 Å². The Morgan fingerprint density at radius 3 is 2.60 bits per heavy atom. The van der Waals surface area contributed by atoms with E-state index in [0.29, 0.717) is 16.7 Å². The van der Waals surface area contributed by atoms with E-state index in [0.717, 1.165) is 15.6 Å². The first kappa shape index (κ1) is 17.7. The van der Waals surface area contributed by atoms with Gasteiger partial charge in [0.25, 0.3) is 10.0 Å². The number of hydrogen-bond donors (Lipinski definition) is 1. The fourth-order valence-corrected chi connectivity index (χ4v) is 3.60. The third kappa shape index (κ3) is 3.94. The van der Waals surface area contributed by atoms with Crippen molar-refractivity contribution in [3.05, 3.63) is 54.2 Å². The zero-order chi connectivity index (χ0) is 18.0. The monoisotopic (exact) mass is 381 g/mol. The number of benzene rings is 1. The van der Waals surface area contributed by atoms with Gasteiger partial charge in [0.15, 0.2) is 5.16 Å². The number of aromatic nitrogens is 2. The van der Waals surface area contributed by atoms with Crippen LogP contribution in [-0.2, 0) is 15.8 Å². The number of H-pyrrole nitrogens is 1. The molecule has 0 bridgehead atoms. The second kappa shape index (κ2) is 7.03. The van der Waals surface area contributed by atoms with E-state index in [2.05, 4.69) is 9.97 Å². The van der Waals surface area contributed by atoms with Crippen molar-refractivity contribution in [2.24, 2.45) is 0 Å². The summed E-state index contributed by atoms with van der Waals surface area (Å²) in [5.74, 6) is 0.670. The predicted molar refractivity (Wildman–Crippen MR) is 93.1 cm³/mol. The largest absolute Gasteiger partial charge is 0.447 e. The highest BCUT2D eigenvalue weighted by Crippen LogP contribution is 2.26. The molecule has 1 aromatic carbocycles. The number of imidazole rings is 1. The van der Waals surface area contributed by atoms with Gasteiger partial charge in [0.1, 0.15) is 11.6 Å². The summed E-state index contributed by atoms with van der Waals surface area (Å²) in [5.41, 5.74) is 1.61. The molecule has 6 nitrogen and oxygen atoms in total. The number of rotatable bonds is 6. The molecule has 0 aliphatic carbocycles. The van der Waals surface area contributed by atoms with Gasteiger partial charge in [0.2, 0.25) is 5.09 Å². The quantitative estimate of drug-likeness (QED) is 0.663. The van der Waals surface area contributed by atoms with Gasteiger partial charge in [-0.2, -0.15) is 0 Å². The van der Waals surface area contributed by atoms with Crippen molar-refractivity contribution in [3.8, 4) is 11.3 Å². The van der Waals surface area contributed by atoms with Crippen molar-refractivity contribution in [2.45, 2.75) is 16.0 Å². The standard InChI is InChI=1S/C16H16FN3O3S2/c1-20(2)25(21,22)15-8-7-13(23-15)10-24-16-18-9-14(19-16)11-3-5-12(17)6-4-11/h3-9H,10H2,1-2H3,(H,18,19). The van der Waals surface area contributed by atoms with Gasteiger partial charge in [-0.05, 0) is 42.0 Å². The van der Waals surface area contributed by atoms with Crippen LogP contribution in [0.1, 0.15) is 5.76 Å². The Labute approximate surface area is 149 Å². The summed E-state index contributed by atoms with van der Waals surface area (Å²) in [4.78, 5) is 7.40. The lowest BCUT2D eigenvalue weighted by Crippen LogP contribution is -2.21. The van der Waals surface area contributed by atoms with Crippen molar-refractivity contribution in [2.75, 3.05) is 14.1 Å². The van der Waals surface area contributed by atoms with Crippen LogP contribution in [0.15, 0.2) is 57.3 Å². The number of hydrogen-bond acceptors (Lipinski definition) is 5. The van der Waals surface area contributed by atoms with Crippen LogP contribution in [0.4, 0.5) is 4.39 Å². The van der Waals surface area contributed by atoms with Crippen molar-refractivity contribution < 1.29 is 17.2 Å². The Kier molecular flexibility index (Phi) is 4.98. The van der Waals surface area contributed by atoms with Gasteiger partial charge >= 0.3 is 0 Å². The number of sulfonamides is 1. The normalized spacial score (nSPS) is 12.0. The Morgan fingerprint density at radius 1 is 1.20 bits per heavy atom. The minimum atomic E-state index is -3.57. The molecule has 0 atom stereocenters. The molecule has 1 N–H and O–H groups in total. The zero-order valence-electron chi connectivity index (χ0n) is 13.6. The zero-order valence-corrected chi connectivity index (χ0v) is 15.2. The Balaban J connectivity index is 1.67. The first-order valence-corrected chi connectivity index (χ1v) is 9.74. The smallest absolute Gasteiger partial charge is 0.275 e. The van der Waals surface area contributed by atoms with Crippen molar-refractivity contribution in [1.29, 1.82) is 0 Å². The van der Waals surface area contributed by atoms with Crippen LogP contribution in [0.3, 0.4) is 0 Å². The molecule has 0 amide bonds. The van der Waals surface area contributed by atoms with Crippen molar-refractivity contribution in [3.63, 3.8) is 0 Å². The predicted octanol–water partition coefficient (Wildman–Crippen LogP) is 3.35. The van der Waals surface area contributed by atoms with Gasteiger partial charge in [-0.1, -0.05) is 11.8 Å². The molecule has 0 unspecified atom stereocenters. The highest BCUT2D eigenvalue weighted by molar-refractivity contribution is 7.98. The fraction of sp³-hybridized carbons (Fsp3) is 0.188. The lowest BCUT2D eigenvalue weighted by molar-refractivity contribution is 0.408. The molecule has 2 aromatic heterocycles. The van der Waals surface area contributed by atoms with Gasteiger partial charge in [-0.25, -0.2) is 22.1 Å². The van der Waals surface area contributed by atoms with Crippen molar-refractivity contribution in [1.82, 2.24) is 14.3 Å². The Hall–Kier alpha value is -2.10. The van der Waals surface area contributed by atoms with Crippen LogP contribution >= 0.6 is 11.8 Å². The molecule has 0 aliphatic rings. The molecule has 3 aromatic rings. The Morgan fingerprint density at radius 2 is 1.92 bits per heavy atom. The van der Waals surface area contributed by atoms with Gasteiger partial charge < -0.3 is 9.40 Å². The van der Waals surface area contributed by atoms with Gasteiger partial charge in [-0.15, -0.1) is 0 Å².